The Kier molecular flexibility index (Phi) is 4.27. The van der Waals surface area contributed by atoms with Crippen molar-refractivity contribution in [1.29, 1.82) is 0 Å². The first-order valence-corrected chi connectivity index (χ1v) is 9.34. The average molecular weight is 347 g/mol. The minimum Gasteiger partial charge on any atom is -0.342 e. The Hall–Kier alpha value is -2.62. The third-order valence-corrected chi connectivity index (χ3v) is 5.45. The van der Waals surface area contributed by atoms with Gasteiger partial charge in [0.05, 0.1) is 11.0 Å². The van der Waals surface area contributed by atoms with Gasteiger partial charge in [-0.25, -0.2) is 4.98 Å². The zero-order chi connectivity index (χ0) is 18.3. The molecule has 4 heteroatoms. The lowest BCUT2D eigenvalue weighted by Gasteiger charge is -2.32. The van der Waals surface area contributed by atoms with Crippen LogP contribution < -0.4 is 0 Å². The molecule has 1 saturated heterocycles. The number of aromatic amines is 1. The van der Waals surface area contributed by atoms with Gasteiger partial charge in [0.2, 0.25) is 0 Å². The van der Waals surface area contributed by atoms with Crippen molar-refractivity contribution in [3.8, 4) is 0 Å². The summed E-state index contributed by atoms with van der Waals surface area (Å²) >= 11 is 0. The second-order valence-electron chi connectivity index (χ2n) is 7.50. The number of H-pyrrole nitrogens is 1. The maximum atomic E-state index is 13.1. The quantitative estimate of drug-likeness (QED) is 0.741. The minimum absolute atomic E-state index is 0.150. The average Bonchev–Trinajstić information content (AvgIpc) is 3.05. The van der Waals surface area contributed by atoms with Gasteiger partial charge < -0.3 is 9.88 Å². The monoisotopic (exact) mass is 347 g/mol. The van der Waals surface area contributed by atoms with Crippen LogP contribution >= 0.6 is 0 Å². The van der Waals surface area contributed by atoms with Gasteiger partial charge in [-0.2, -0.15) is 0 Å². The van der Waals surface area contributed by atoms with Crippen LogP contribution in [0.3, 0.4) is 0 Å². The highest BCUT2D eigenvalue weighted by Gasteiger charge is 2.28. The molecule has 1 aliphatic rings. The molecule has 0 radical (unpaired) electrons. The van der Waals surface area contributed by atoms with E-state index < -0.39 is 0 Å². The molecule has 4 nitrogen and oxygen atoms in total. The van der Waals surface area contributed by atoms with Gasteiger partial charge in [-0.15, -0.1) is 0 Å². The summed E-state index contributed by atoms with van der Waals surface area (Å²) in [5.41, 5.74) is 6.27. The van der Waals surface area contributed by atoms with E-state index in [1.54, 1.807) is 0 Å². The number of nitrogens with one attached hydrogen (secondary N) is 1. The van der Waals surface area contributed by atoms with E-state index in [0.717, 1.165) is 59.5 Å². The van der Waals surface area contributed by atoms with Crippen molar-refractivity contribution in [3.63, 3.8) is 0 Å². The molecule has 0 saturated carbocycles. The van der Waals surface area contributed by atoms with Crippen LogP contribution in [0, 0.1) is 20.8 Å². The van der Waals surface area contributed by atoms with Crippen LogP contribution in [0.4, 0.5) is 0 Å². The first kappa shape index (κ1) is 16.8. The van der Waals surface area contributed by atoms with Gasteiger partial charge in [-0.3, -0.25) is 4.79 Å². The molecule has 134 valence electrons. The Labute approximate surface area is 154 Å². The number of nitrogens with zero attached hydrogens (tertiary/aromatic N) is 2. The van der Waals surface area contributed by atoms with Crippen LogP contribution in [0.5, 0.6) is 0 Å². The van der Waals surface area contributed by atoms with Crippen LogP contribution in [0.25, 0.3) is 11.0 Å². The largest absolute Gasteiger partial charge is 0.342 e. The Bertz CT molecular complexity index is 952. The van der Waals surface area contributed by atoms with Crippen LogP contribution in [0.15, 0.2) is 36.4 Å². The summed E-state index contributed by atoms with van der Waals surface area (Å²) in [6, 6.07) is 12.3. The highest BCUT2D eigenvalue weighted by molar-refractivity contribution is 5.97. The summed E-state index contributed by atoms with van der Waals surface area (Å²) in [5, 5.41) is 0. The number of carbonyl (C=O) groups excluding carboxylic acids is 1. The van der Waals surface area contributed by atoms with Crippen LogP contribution in [-0.2, 0) is 0 Å². The van der Waals surface area contributed by atoms with E-state index in [-0.39, 0.29) is 11.8 Å². The fourth-order valence-electron chi connectivity index (χ4n) is 4.03. The number of likely N-dealkylation sites (tertiary alicyclic amines) is 1. The fourth-order valence-corrected chi connectivity index (χ4v) is 4.03. The number of aromatic nitrogens is 2. The van der Waals surface area contributed by atoms with Gasteiger partial charge in [-0.05, 0) is 62.4 Å². The number of hydrogen-bond acceptors (Lipinski definition) is 2. The van der Waals surface area contributed by atoms with E-state index in [2.05, 4.69) is 30.1 Å². The summed E-state index contributed by atoms with van der Waals surface area (Å²) in [7, 11) is 0. The lowest BCUT2D eigenvalue weighted by molar-refractivity contribution is 0.0703. The van der Waals surface area contributed by atoms with Crippen molar-refractivity contribution in [2.75, 3.05) is 13.1 Å². The van der Waals surface area contributed by atoms with Crippen molar-refractivity contribution in [2.24, 2.45) is 0 Å². The maximum absolute atomic E-state index is 13.1. The Morgan fingerprint density at radius 1 is 1.15 bits per heavy atom. The predicted molar refractivity (Wildman–Crippen MR) is 105 cm³/mol. The van der Waals surface area contributed by atoms with E-state index in [4.69, 9.17) is 4.98 Å². The number of rotatable bonds is 2. The van der Waals surface area contributed by atoms with E-state index in [0.29, 0.717) is 0 Å². The van der Waals surface area contributed by atoms with Gasteiger partial charge in [0.1, 0.15) is 5.82 Å². The molecule has 1 aromatic heterocycles. The third-order valence-electron chi connectivity index (χ3n) is 5.45. The zero-order valence-corrected chi connectivity index (χ0v) is 15.7. The molecule has 1 fully saturated rings. The number of carbonyl (C=O) groups is 1. The molecule has 0 aliphatic carbocycles. The van der Waals surface area contributed by atoms with Crippen LogP contribution in [-0.4, -0.2) is 33.9 Å². The van der Waals surface area contributed by atoms with Gasteiger partial charge in [-0.1, -0.05) is 24.3 Å². The molecular weight excluding hydrogens is 322 g/mol. The fraction of sp³-hybridized carbons (Fsp3) is 0.364. The number of imidazole rings is 1. The van der Waals surface area contributed by atoms with Crippen molar-refractivity contribution in [2.45, 2.75) is 39.5 Å². The number of amides is 1. The summed E-state index contributed by atoms with van der Waals surface area (Å²) in [6.45, 7) is 7.67. The summed E-state index contributed by atoms with van der Waals surface area (Å²) in [4.78, 5) is 23.4. The zero-order valence-electron chi connectivity index (χ0n) is 15.7. The normalized spacial score (nSPS) is 17.7. The summed E-state index contributed by atoms with van der Waals surface area (Å²) < 4.78 is 0. The maximum Gasteiger partial charge on any atom is 0.254 e. The number of aryl methyl sites for hydroxylation is 3. The molecule has 2 heterocycles. The van der Waals surface area contributed by atoms with E-state index >= 15 is 0 Å². The summed E-state index contributed by atoms with van der Waals surface area (Å²) in [6.07, 6.45) is 2.08. The molecule has 1 atom stereocenters. The highest BCUT2D eigenvalue weighted by Crippen LogP contribution is 2.28. The van der Waals surface area contributed by atoms with Crippen molar-refractivity contribution in [1.82, 2.24) is 14.9 Å². The van der Waals surface area contributed by atoms with Gasteiger partial charge in [0.15, 0.2) is 0 Å². The summed E-state index contributed by atoms with van der Waals surface area (Å²) in [5.74, 6) is 1.42. The Morgan fingerprint density at radius 2 is 1.92 bits per heavy atom. The topological polar surface area (TPSA) is 49.0 Å². The molecule has 1 N–H and O–H groups in total. The number of piperidine rings is 1. The van der Waals surface area contributed by atoms with Crippen LogP contribution in [0.1, 0.15) is 51.6 Å². The first-order chi connectivity index (χ1) is 12.5. The molecule has 3 aromatic rings. The smallest absolute Gasteiger partial charge is 0.254 e. The predicted octanol–water partition coefficient (Wildman–Crippen LogP) is 4.51. The van der Waals surface area contributed by atoms with Gasteiger partial charge >= 0.3 is 0 Å². The van der Waals surface area contributed by atoms with Crippen molar-refractivity contribution < 1.29 is 4.79 Å². The molecule has 1 unspecified atom stereocenters. The molecular formula is C22H25N3O. The van der Waals surface area contributed by atoms with E-state index in [1.165, 1.54) is 5.56 Å². The SMILES string of the molecule is Cc1ccc2nc(C3CCCN(C(=O)c4c(C)cccc4C)C3)[nH]c2c1. The molecule has 0 spiro atoms. The lowest BCUT2D eigenvalue weighted by Crippen LogP contribution is -2.40. The minimum atomic E-state index is 0.150. The third kappa shape index (κ3) is 3.00. The Morgan fingerprint density at radius 3 is 2.69 bits per heavy atom. The number of fused-ring (bicyclic) bond motifs is 1. The molecule has 26 heavy (non-hydrogen) atoms. The molecule has 1 amide bonds. The highest BCUT2D eigenvalue weighted by atomic mass is 16.2. The van der Waals surface area contributed by atoms with Crippen LogP contribution in [0.2, 0.25) is 0 Å². The van der Waals surface area contributed by atoms with Gasteiger partial charge in [0, 0.05) is 24.6 Å². The van der Waals surface area contributed by atoms with Gasteiger partial charge in [0.25, 0.3) is 5.91 Å². The first-order valence-electron chi connectivity index (χ1n) is 9.34. The molecule has 2 aromatic carbocycles. The Balaban J connectivity index is 1.59. The standard InChI is InChI=1S/C22H25N3O/c1-14-9-10-18-19(12-14)24-21(23-18)17-8-5-11-25(13-17)22(26)20-15(2)6-4-7-16(20)3/h4,6-7,9-10,12,17H,5,8,11,13H2,1-3H3,(H,23,24). The lowest BCUT2D eigenvalue weighted by atomic mass is 9.95. The van der Waals surface area contributed by atoms with Crippen molar-refractivity contribution in [3.05, 3.63) is 64.5 Å². The van der Waals surface area contributed by atoms with Crippen molar-refractivity contribution >= 4 is 16.9 Å². The second-order valence-corrected chi connectivity index (χ2v) is 7.50. The van der Waals surface area contributed by atoms with E-state index in [1.807, 2.05) is 36.9 Å². The molecule has 1 aliphatic heterocycles. The molecule has 0 bridgehead atoms. The number of benzene rings is 2. The number of hydrogen-bond donors (Lipinski definition) is 1. The van der Waals surface area contributed by atoms with E-state index in [9.17, 15) is 4.79 Å². The molecule has 4 rings (SSSR count). The second kappa shape index (κ2) is 6.60.